The van der Waals surface area contributed by atoms with Crippen molar-refractivity contribution in [2.75, 3.05) is 6.61 Å². The molecule has 0 aromatic heterocycles. The maximum atomic E-state index is 9.41. The molecular formula is C17H17BrO3. The molecule has 1 fully saturated rings. The molecule has 1 aliphatic rings. The Hall–Kier alpha value is -1.52. The molecule has 1 saturated carbocycles. The number of benzene rings is 2. The van der Waals surface area contributed by atoms with Crippen LogP contribution in [0.25, 0.3) is 0 Å². The number of aliphatic hydroxyl groups is 1. The van der Waals surface area contributed by atoms with E-state index < -0.39 is 5.60 Å². The van der Waals surface area contributed by atoms with Gasteiger partial charge < -0.3 is 14.6 Å². The lowest BCUT2D eigenvalue weighted by Gasteiger charge is -2.18. The van der Waals surface area contributed by atoms with Gasteiger partial charge in [0.25, 0.3) is 0 Å². The summed E-state index contributed by atoms with van der Waals surface area (Å²) in [5.41, 5.74) is 0.695. The van der Waals surface area contributed by atoms with Gasteiger partial charge in [-0.2, -0.15) is 0 Å². The molecule has 21 heavy (non-hydrogen) atoms. The smallest absolute Gasteiger partial charge is 0.163 e. The molecule has 1 N–H and O–H groups in total. The van der Waals surface area contributed by atoms with Crippen molar-refractivity contribution in [3.63, 3.8) is 0 Å². The van der Waals surface area contributed by atoms with E-state index in [4.69, 9.17) is 9.47 Å². The van der Waals surface area contributed by atoms with Gasteiger partial charge in [-0.15, -0.1) is 0 Å². The van der Waals surface area contributed by atoms with Crippen LogP contribution in [0.1, 0.15) is 18.4 Å². The fraction of sp³-hybridized carbons (Fsp3) is 0.294. The SMILES string of the molecule is OCC1(Oc2cc(Br)ccc2OCc2ccccc2)CC1. The number of rotatable bonds is 6. The molecule has 3 rings (SSSR count). The van der Waals surface area contributed by atoms with Crippen LogP contribution in [0.3, 0.4) is 0 Å². The fourth-order valence-electron chi connectivity index (χ4n) is 2.08. The second-order valence-electron chi connectivity index (χ2n) is 5.31. The van der Waals surface area contributed by atoms with Crippen molar-refractivity contribution in [1.82, 2.24) is 0 Å². The van der Waals surface area contributed by atoms with Crippen LogP contribution < -0.4 is 9.47 Å². The zero-order valence-corrected chi connectivity index (χ0v) is 13.2. The van der Waals surface area contributed by atoms with Crippen LogP contribution in [0.2, 0.25) is 0 Å². The lowest BCUT2D eigenvalue weighted by atomic mass is 10.2. The van der Waals surface area contributed by atoms with Crippen LogP contribution in [-0.4, -0.2) is 17.3 Å². The largest absolute Gasteiger partial charge is 0.485 e. The summed E-state index contributed by atoms with van der Waals surface area (Å²) in [6.07, 6.45) is 1.77. The number of halogens is 1. The minimum absolute atomic E-state index is 0.0393. The molecule has 4 heteroatoms. The highest BCUT2D eigenvalue weighted by atomic mass is 79.9. The number of hydrogen-bond acceptors (Lipinski definition) is 3. The Balaban J connectivity index is 1.75. The van der Waals surface area contributed by atoms with Crippen LogP contribution in [0, 0.1) is 0 Å². The summed E-state index contributed by atoms with van der Waals surface area (Å²) in [7, 11) is 0. The lowest BCUT2D eigenvalue weighted by Crippen LogP contribution is -2.23. The highest BCUT2D eigenvalue weighted by Gasteiger charge is 2.45. The molecule has 0 unspecified atom stereocenters. The lowest BCUT2D eigenvalue weighted by molar-refractivity contribution is 0.0909. The topological polar surface area (TPSA) is 38.7 Å². The molecule has 110 valence electrons. The third-order valence-electron chi connectivity index (χ3n) is 3.57. The van der Waals surface area contributed by atoms with Gasteiger partial charge in [0.1, 0.15) is 12.2 Å². The standard InChI is InChI=1S/C17H17BrO3/c18-14-6-7-15(20-11-13-4-2-1-3-5-13)16(10-14)21-17(12-19)8-9-17/h1-7,10,19H,8-9,11-12H2. The molecule has 1 aliphatic carbocycles. The van der Waals surface area contributed by atoms with Crippen LogP contribution in [-0.2, 0) is 6.61 Å². The molecule has 0 atom stereocenters. The molecule has 2 aromatic carbocycles. The Morgan fingerprint density at radius 2 is 1.81 bits per heavy atom. The monoisotopic (exact) mass is 348 g/mol. The Kier molecular flexibility index (Phi) is 4.17. The van der Waals surface area contributed by atoms with Gasteiger partial charge in [-0.1, -0.05) is 46.3 Å². The van der Waals surface area contributed by atoms with Gasteiger partial charge in [0.15, 0.2) is 11.5 Å². The van der Waals surface area contributed by atoms with E-state index >= 15 is 0 Å². The van der Waals surface area contributed by atoms with Crippen molar-refractivity contribution < 1.29 is 14.6 Å². The normalized spacial score (nSPS) is 15.5. The van der Waals surface area contributed by atoms with Crippen molar-refractivity contribution in [3.8, 4) is 11.5 Å². The quantitative estimate of drug-likeness (QED) is 0.859. The van der Waals surface area contributed by atoms with Gasteiger partial charge in [0, 0.05) is 4.47 Å². The van der Waals surface area contributed by atoms with E-state index in [1.165, 1.54) is 0 Å². The first-order chi connectivity index (χ1) is 10.2. The molecule has 0 saturated heterocycles. The molecule has 2 aromatic rings. The highest BCUT2D eigenvalue weighted by molar-refractivity contribution is 9.10. The maximum Gasteiger partial charge on any atom is 0.163 e. The molecular weight excluding hydrogens is 332 g/mol. The Morgan fingerprint density at radius 1 is 1.05 bits per heavy atom. The van der Waals surface area contributed by atoms with Gasteiger partial charge >= 0.3 is 0 Å². The average Bonchev–Trinajstić information content (AvgIpc) is 3.28. The third-order valence-corrected chi connectivity index (χ3v) is 4.06. The minimum atomic E-state index is -0.411. The zero-order valence-electron chi connectivity index (χ0n) is 11.6. The molecule has 0 heterocycles. The van der Waals surface area contributed by atoms with Crippen LogP contribution >= 0.6 is 15.9 Å². The van der Waals surface area contributed by atoms with Crippen LogP contribution in [0.5, 0.6) is 11.5 Å². The van der Waals surface area contributed by atoms with Gasteiger partial charge in [-0.05, 0) is 36.6 Å². The predicted octanol–water partition coefficient (Wildman–Crippen LogP) is 3.93. The third kappa shape index (κ3) is 3.57. The summed E-state index contributed by atoms with van der Waals surface area (Å²) in [5.74, 6) is 1.37. The molecule has 0 bridgehead atoms. The predicted molar refractivity (Wildman–Crippen MR) is 84.6 cm³/mol. The molecule has 3 nitrogen and oxygen atoms in total. The number of ether oxygens (including phenoxy) is 2. The highest BCUT2D eigenvalue weighted by Crippen LogP contribution is 2.43. The van der Waals surface area contributed by atoms with Gasteiger partial charge in [-0.25, -0.2) is 0 Å². The van der Waals surface area contributed by atoms with Crippen LogP contribution in [0.15, 0.2) is 53.0 Å². The van der Waals surface area contributed by atoms with Gasteiger partial charge in [0.05, 0.1) is 6.61 Å². The average molecular weight is 349 g/mol. The Morgan fingerprint density at radius 3 is 2.48 bits per heavy atom. The first kappa shape index (κ1) is 14.4. The van der Waals surface area contributed by atoms with E-state index in [0.717, 1.165) is 22.9 Å². The molecule has 0 radical (unpaired) electrons. The van der Waals surface area contributed by atoms with E-state index in [9.17, 15) is 5.11 Å². The zero-order chi connectivity index (χ0) is 14.7. The van der Waals surface area contributed by atoms with Crippen molar-refractivity contribution >= 4 is 15.9 Å². The van der Waals surface area contributed by atoms with E-state index in [1.54, 1.807) is 0 Å². The maximum absolute atomic E-state index is 9.41. The van der Waals surface area contributed by atoms with Crippen molar-refractivity contribution in [2.24, 2.45) is 0 Å². The summed E-state index contributed by atoms with van der Waals surface area (Å²) >= 11 is 3.44. The van der Waals surface area contributed by atoms with E-state index in [2.05, 4.69) is 15.9 Å². The summed E-state index contributed by atoms with van der Waals surface area (Å²) in [6.45, 7) is 0.530. The van der Waals surface area contributed by atoms with Gasteiger partial charge in [-0.3, -0.25) is 0 Å². The van der Waals surface area contributed by atoms with Gasteiger partial charge in [0.2, 0.25) is 0 Å². The van der Waals surface area contributed by atoms with E-state index in [1.807, 2.05) is 48.5 Å². The summed E-state index contributed by atoms with van der Waals surface area (Å²) in [5, 5.41) is 9.41. The molecule has 0 aliphatic heterocycles. The number of hydrogen-bond donors (Lipinski definition) is 1. The van der Waals surface area contributed by atoms with Crippen molar-refractivity contribution in [2.45, 2.75) is 25.0 Å². The minimum Gasteiger partial charge on any atom is -0.485 e. The Labute approximate surface area is 132 Å². The fourth-order valence-corrected chi connectivity index (χ4v) is 2.42. The van der Waals surface area contributed by atoms with Crippen LogP contribution in [0.4, 0.5) is 0 Å². The van der Waals surface area contributed by atoms with E-state index in [-0.39, 0.29) is 6.61 Å². The van der Waals surface area contributed by atoms with E-state index in [0.29, 0.717) is 18.1 Å². The second-order valence-corrected chi connectivity index (χ2v) is 6.22. The first-order valence-corrected chi connectivity index (χ1v) is 7.76. The summed E-state index contributed by atoms with van der Waals surface area (Å²) in [6, 6.07) is 15.7. The van der Waals surface area contributed by atoms with Crippen molar-refractivity contribution in [1.29, 1.82) is 0 Å². The number of aliphatic hydroxyl groups excluding tert-OH is 1. The second kappa shape index (κ2) is 6.08. The Bertz CT molecular complexity index is 609. The summed E-state index contributed by atoms with van der Waals surface area (Å²) < 4.78 is 12.8. The molecule has 0 amide bonds. The van der Waals surface area contributed by atoms with Crippen molar-refractivity contribution in [3.05, 3.63) is 58.6 Å². The first-order valence-electron chi connectivity index (χ1n) is 6.97. The summed E-state index contributed by atoms with van der Waals surface area (Å²) in [4.78, 5) is 0. The molecule has 0 spiro atoms.